The standard InChI is InChI=1S/C11H13N5O2/c1-7(2)18-9-6-4-3-5-8(9)10(17)12-11-13-15-16-14-11/h3-7H,1-2H3,(H2,12,13,14,15,16,17). The summed E-state index contributed by atoms with van der Waals surface area (Å²) in [5.74, 6) is 0.306. The Labute approximate surface area is 104 Å². The van der Waals surface area contributed by atoms with Crippen LogP contribution in [0, 0.1) is 0 Å². The second-order valence-electron chi connectivity index (χ2n) is 3.85. The predicted molar refractivity (Wildman–Crippen MR) is 64.3 cm³/mol. The van der Waals surface area contributed by atoms with E-state index in [9.17, 15) is 4.79 Å². The van der Waals surface area contributed by atoms with E-state index in [4.69, 9.17) is 4.74 Å². The molecule has 1 amide bonds. The number of hydrogen-bond acceptors (Lipinski definition) is 5. The minimum atomic E-state index is -0.340. The molecule has 0 aliphatic heterocycles. The lowest BCUT2D eigenvalue weighted by atomic mass is 10.2. The molecule has 7 heteroatoms. The number of aromatic amines is 1. The van der Waals surface area contributed by atoms with E-state index < -0.39 is 0 Å². The maximum Gasteiger partial charge on any atom is 0.270 e. The summed E-state index contributed by atoms with van der Waals surface area (Å²) in [4.78, 5) is 12.0. The van der Waals surface area contributed by atoms with Crippen molar-refractivity contribution in [2.75, 3.05) is 5.32 Å². The quantitative estimate of drug-likeness (QED) is 0.847. The molecule has 18 heavy (non-hydrogen) atoms. The first-order valence-electron chi connectivity index (χ1n) is 5.47. The monoisotopic (exact) mass is 247 g/mol. The molecule has 1 aromatic carbocycles. The van der Waals surface area contributed by atoms with E-state index in [-0.39, 0.29) is 18.0 Å². The number of amides is 1. The van der Waals surface area contributed by atoms with Crippen LogP contribution in [-0.2, 0) is 0 Å². The van der Waals surface area contributed by atoms with Gasteiger partial charge in [-0.2, -0.15) is 5.21 Å². The van der Waals surface area contributed by atoms with Crippen molar-refractivity contribution in [2.45, 2.75) is 20.0 Å². The molecule has 2 aromatic rings. The van der Waals surface area contributed by atoms with Crippen molar-refractivity contribution in [1.29, 1.82) is 0 Å². The third kappa shape index (κ3) is 2.82. The summed E-state index contributed by atoms with van der Waals surface area (Å²) in [7, 11) is 0. The molecule has 0 spiro atoms. The Hall–Kier alpha value is -2.44. The molecule has 1 aromatic heterocycles. The predicted octanol–water partition coefficient (Wildman–Crippen LogP) is 1.24. The Kier molecular flexibility index (Phi) is 3.52. The van der Waals surface area contributed by atoms with E-state index in [2.05, 4.69) is 25.9 Å². The number of rotatable bonds is 4. The number of nitrogens with one attached hydrogen (secondary N) is 2. The summed E-state index contributed by atoms with van der Waals surface area (Å²) in [6.45, 7) is 3.79. The van der Waals surface area contributed by atoms with Crippen molar-refractivity contribution < 1.29 is 9.53 Å². The third-order valence-corrected chi connectivity index (χ3v) is 2.07. The Balaban J connectivity index is 2.19. The average molecular weight is 247 g/mol. The molecule has 0 unspecified atom stereocenters. The smallest absolute Gasteiger partial charge is 0.270 e. The summed E-state index contributed by atoms with van der Waals surface area (Å²) < 4.78 is 5.56. The number of carbonyl (C=O) groups is 1. The number of benzene rings is 1. The molecular formula is C11H13N5O2. The molecule has 0 bridgehead atoms. The first-order valence-corrected chi connectivity index (χ1v) is 5.47. The van der Waals surface area contributed by atoms with Crippen LogP contribution in [0.4, 0.5) is 5.95 Å². The van der Waals surface area contributed by atoms with Gasteiger partial charge < -0.3 is 4.74 Å². The molecule has 0 atom stereocenters. The van der Waals surface area contributed by atoms with Gasteiger partial charge in [0.1, 0.15) is 5.75 Å². The number of aromatic nitrogens is 4. The Morgan fingerprint density at radius 1 is 1.39 bits per heavy atom. The van der Waals surface area contributed by atoms with Crippen LogP contribution in [-0.4, -0.2) is 32.6 Å². The van der Waals surface area contributed by atoms with Gasteiger partial charge in [-0.1, -0.05) is 17.2 Å². The highest BCUT2D eigenvalue weighted by Gasteiger charge is 2.14. The fraction of sp³-hybridized carbons (Fsp3) is 0.273. The van der Waals surface area contributed by atoms with Crippen LogP contribution in [0.3, 0.4) is 0 Å². The van der Waals surface area contributed by atoms with Crippen LogP contribution < -0.4 is 10.1 Å². The van der Waals surface area contributed by atoms with E-state index in [1.807, 2.05) is 19.9 Å². The number of tetrazole rings is 1. The van der Waals surface area contributed by atoms with Crippen molar-refractivity contribution >= 4 is 11.9 Å². The molecule has 0 radical (unpaired) electrons. The number of ether oxygens (including phenoxy) is 1. The molecule has 0 saturated carbocycles. The highest BCUT2D eigenvalue weighted by Crippen LogP contribution is 2.20. The van der Waals surface area contributed by atoms with Gasteiger partial charge in [0.15, 0.2) is 0 Å². The zero-order valence-corrected chi connectivity index (χ0v) is 10.0. The lowest BCUT2D eigenvalue weighted by molar-refractivity contribution is 0.102. The number of hydrogen-bond donors (Lipinski definition) is 2. The van der Waals surface area contributed by atoms with E-state index in [0.717, 1.165) is 0 Å². The molecular weight excluding hydrogens is 234 g/mol. The van der Waals surface area contributed by atoms with E-state index in [1.165, 1.54) is 0 Å². The van der Waals surface area contributed by atoms with Crippen molar-refractivity contribution in [3.63, 3.8) is 0 Å². The SMILES string of the molecule is CC(C)Oc1ccccc1C(=O)Nc1nn[nH]n1. The number of anilines is 1. The number of H-pyrrole nitrogens is 1. The summed E-state index contributed by atoms with van der Waals surface area (Å²) in [5, 5.41) is 15.4. The summed E-state index contributed by atoms with van der Waals surface area (Å²) in [5.41, 5.74) is 0.427. The molecule has 2 N–H and O–H groups in total. The van der Waals surface area contributed by atoms with Crippen LogP contribution in [0.2, 0.25) is 0 Å². The van der Waals surface area contributed by atoms with Crippen LogP contribution in [0.25, 0.3) is 0 Å². The van der Waals surface area contributed by atoms with Crippen LogP contribution in [0.1, 0.15) is 24.2 Å². The van der Waals surface area contributed by atoms with Gasteiger partial charge in [-0.15, -0.1) is 5.10 Å². The first-order chi connectivity index (χ1) is 8.66. The normalized spacial score (nSPS) is 10.4. The average Bonchev–Trinajstić information content (AvgIpc) is 2.81. The summed E-state index contributed by atoms with van der Waals surface area (Å²) in [6, 6.07) is 6.99. The van der Waals surface area contributed by atoms with Crippen molar-refractivity contribution in [2.24, 2.45) is 0 Å². The maximum atomic E-state index is 12.0. The van der Waals surface area contributed by atoms with Crippen LogP contribution in [0.15, 0.2) is 24.3 Å². The first kappa shape index (κ1) is 12.0. The molecule has 0 fully saturated rings. The van der Waals surface area contributed by atoms with E-state index >= 15 is 0 Å². The molecule has 94 valence electrons. The minimum absolute atomic E-state index is 0.0101. The molecule has 0 aliphatic rings. The molecule has 7 nitrogen and oxygen atoms in total. The lowest BCUT2D eigenvalue weighted by Gasteiger charge is -2.13. The van der Waals surface area contributed by atoms with Gasteiger partial charge in [-0.05, 0) is 31.2 Å². The van der Waals surface area contributed by atoms with Gasteiger partial charge >= 0.3 is 0 Å². The van der Waals surface area contributed by atoms with Crippen LogP contribution >= 0.6 is 0 Å². The van der Waals surface area contributed by atoms with Crippen molar-refractivity contribution in [3.05, 3.63) is 29.8 Å². The van der Waals surface area contributed by atoms with E-state index in [1.54, 1.807) is 18.2 Å². The molecule has 0 saturated heterocycles. The minimum Gasteiger partial charge on any atom is -0.490 e. The van der Waals surface area contributed by atoms with Crippen LogP contribution in [0.5, 0.6) is 5.75 Å². The third-order valence-electron chi connectivity index (χ3n) is 2.07. The summed E-state index contributed by atoms with van der Waals surface area (Å²) >= 11 is 0. The topological polar surface area (TPSA) is 92.8 Å². The zero-order valence-electron chi connectivity index (χ0n) is 10.0. The number of nitrogens with zero attached hydrogens (tertiary/aromatic N) is 3. The van der Waals surface area contributed by atoms with Crippen molar-refractivity contribution in [3.8, 4) is 5.75 Å². The van der Waals surface area contributed by atoms with Gasteiger partial charge in [0, 0.05) is 0 Å². The van der Waals surface area contributed by atoms with E-state index in [0.29, 0.717) is 11.3 Å². The van der Waals surface area contributed by atoms with Crippen molar-refractivity contribution in [1.82, 2.24) is 20.6 Å². The zero-order chi connectivity index (χ0) is 13.0. The van der Waals surface area contributed by atoms with Gasteiger partial charge in [-0.3, -0.25) is 10.1 Å². The van der Waals surface area contributed by atoms with Gasteiger partial charge in [-0.25, -0.2) is 0 Å². The number of carbonyl (C=O) groups excluding carboxylic acids is 1. The Morgan fingerprint density at radius 2 is 2.17 bits per heavy atom. The highest BCUT2D eigenvalue weighted by atomic mass is 16.5. The highest BCUT2D eigenvalue weighted by molar-refractivity contribution is 6.05. The van der Waals surface area contributed by atoms with Gasteiger partial charge in [0.2, 0.25) is 0 Å². The largest absolute Gasteiger partial charge is 0.490 e. The molecule has 2 rings (SSSR count). The second-order valence-corrected chi connectivity index (χ2v) is 3.85. The fourth-order valence-electron chi connectivity index (χ4n) is 1.39. The number of para-hydroxylation sites is 1. The van der Waals surface area contributed by atoms with Gasteiger partial charge in [0.05, 0.1) is 11.7 Å². The molecule has 0 aliphatic carbocycles. The lowest BCUT2D eigenvalue weighted by Crippen LogP contribution is -2.16. The maximum absolute atomic E-state index is 12.0. The second kappa shape index (κ2) is 5.26. The molecule has 1 heterocycles. The fourth-order valence-corrected chi connectivity index (χ4v) is 1.39. The van der Waals surface area contributed by atoms with Gasteiger partial charge in [0.25, 0.3) is 11.9 Å². The summed E-state index contributed by atoms with van der Waals surface area (Å²) in [6.07, 6.45) is -0.0101. The Bertz CT molecular complexity index is 524. The Morgan fingerprint density at radius 3 is 2.83 bits per heavy atom.